The highest BCUT2D eigenvalue weighted by Crippen LogP contribution is 2.34. The summed E-state index contributed by atoms with van der Waals surface area (Å²) in [5, 5.41) is 7.57. The molecule has 1 atom stereocenters. The second-order valence-electron chi connectivity index (χ2n) is 11.3. The van der Waals surface area contributed by atoms with E-state index in [9.17, 15) is 22.8 Å². The predicted octanol–water partition coefficient (Wildman–Crippen LogP) is 7.11. The number of nitrogens with one attached hydrogen (secondary N) is 1. The molecule has 1 aliphatic heterocycles. The third-order valence-electron chi connectivity index (χ3n) is 7.37. The predicted molar refractivity (Wildman–Crippen MR) is 173 cm³/mol. The molecule has 46 heavy (non-hydrogen) atoms. The van der Waals surface area contributed by atoms with Gasteiger partial charge in [0.1, 0.15) is 12.1 Å². The van der Waals surface area contributed by atoms with Crippen LogP contribution >= 0.6 is 11.8 Å². The largest absolute Gasteiger partial charge is 0.497 e. The third-order valence-corrected chi connectivity index (χ3v) is 8.30. The van der Waals surface area contributed by atoms with E-state index in [1.165, 1.54) is 39.8 Å². The standard InChI is InChI=1S/C33H33F3N6O3S/c1-20(2)15-24-9-14-27(45-4)16-28(24)42-29(43)18-46-32(42)39-31(44)37-17-21(3)22-5-7-23(8-6-22)30-38-19-41(40-30)26-12-10-25(11-13-26)33(34,35)36/h5-14,16,19-21H,15,17-18H2,1-4H3,(H,37,44). The van der Waals surface area contributed by atoms with E-state index in [0.29, 0.717) is 40.6 Å². The molecular weight excluding hydrogens is 617 g/mol. The number of hydrogen-bond acceptors (Lipinski definition) is 6. The minimum atomic E-state index is -4.41. The van der Waals surface area contributed by atoms with E-state index in [-0.39, 0.29) is 17.6 Å². The van der Waals surface area contributed by atoms with E-state index in [1.807, 2.05) is 43.3 Å². The fourth-order valence-corrected chi connectivity index (χ4v) is 5.80. The van der Waals surface area contributed by atoms with Gasteiger partial charge in [-0.25, -0.2) is 14.5 Å². The second kappa shape index (κ2) is 13.8. The van der Waals surface area contributed by atoms with Crippen LogP contribution in [0.25, 0.3) is 17.1 Å². The number of aromatic nitrogens is 3. The number of ether oxygens (including phenoxy) is 1. The minimum absolute atomic E-state index is 0.0548. The molecular formula is C33H33F3N6O3S. The molecule has 0 radical (unpaired) electrons. The number of carbonyl (C=O) groups excluding carboxylic acids is 2. The maximum Gasteiger partial charge on any atom is 0.416 e. The number of thioether (sulfide) groups is 1. The Kier molecular flexibility index (Phi) is 9.80. The van der Waals surface area contributed by atoms with Crippen LogP contribution in [0.4, 0.5) is 23.7 Å². The lowest BCUT2D eigenvalue weighted by Gasteiger charge is -2.21. The maximum absolute atomic E-state index is 12.9. The van der Waals surface area contributed by atoms with Gasteiger partial charge in [-0.3, -0.25) is 9.69 Å². The van der Waals surface area contributed by atoms with Crippen LogP contribution in [0, 0.1) is 5.92 Å². The van der Waals surface area contributed by atoms with Crippen molar-refractivity contribution in [3.05, 3.63) is 89.7 Å². The van der Waals surface area contributed by atoms with E-state index >= 15 is 0 Å². The number of amides is 3. The number of alkyl halides is 3. The van der Waals surface area contributed by atoms with Gasteiger partial charge in [-0.05, 0) is 59.7 Å². The smallest absolute Gasteiger partial charge is 0.416 e. The first-order valence-corrected chi connectivity index (χ1v) is 15.6. The average molecular weight is 651 g/mol. The number of halogens is 3. The van der Waals surface area contributed by atoms with Crippen LogP contribution in [-0.2, 0) is 17.4 Å². The molecule has 2 heterocycles. The van der Waals surface area contributed by atoms with Gasteiger partial charge in [-0.2, -0.15) is 18.2 Å². The van der Waals surface area contributed by atoms with E-state index in [0.717, 1.165) is 35.2 Å². The molecule has 4 aromatic rings. The van der Waals surface area contributed by atoms with Crippen molar-refractivity contribution in [1.29, 1.82) is 0 Å². The SMILES string of the molecule is COc1ccc(CC(C)C)c(N2C(=O)CSC2=NC(=O)NCC(C)c2ccc(-c3ncn(-c4ccc(C(F)(F)F)cc4)n3)cc2)c1. The van der Waals surface area contributed by atoms with E-state index < -0.39 is 17.8 Å². The first-order chi connectivity index (χ1) is 21.9. The van der Waals surface area contributed by atoms with Crippen LogP contribution in [0.5, 0.6) is 5.75 Å². The molecule has 13 heteroatoms. The number of nitrogens with zero attached hydrogens (tertiary/aromatic N) is 5. The highest BCUT2D eigenvalue weighted by atomic mass is 32.2. The number of anilines is 1. The number of amidine groups is 1. The van der Waals surface area contributed by atoms with Crippen molar-refractivity contribution in [2.75, 3.05) is 24.3 Å². The quantitative estimate of drug-likeness (QED) is 0.207. The van der Waals surface area contributed by atoms with Gasteiger partial charge < -0.3 is 10.1 Å². The molecule has 1 N–H and O–H groups in total. The van der Waals surface area contributed by atoms with Crippen molar-refractivity contribution in [3.8, 4) is 22.8 Å². The van der Waals surface area contributed by atoms with Gasteiger partial charge in [0.05, 0.1) is 29.8 Å². The topological polar surface area (TPSA) is 102 Å². The Morgan fingerprint density at radius 1 is 1.07 bits per heavy atom. The van der Waals surface area contributed by atoms with E-state index in [4.69, 9.17) is 4.74 Å². The lowest BCUT2D eigenvalue weighted by molar-refractivity contribution is -0.137. The van der Waals surface area contributed by atoms with Crippen LogP contribution < -0.4 is 15.0 Å². The molecule has 240 valence electrons. The number of aliphatic imine (C=N–C) groups is 1. The Balaban J connectivity index is 1.22. The molecule has 1 unspecified atom stereocenters. The number of hydrogen-bond donors (Lipinski definition) is 1. The Labute approximate surface area is 268 Å². The molecule has 3 aromatic carbocycles. The zero-order valence-electron chi connectivity index (χ0n) is 25.7. The highest BCUT2D eigenvalue weighted by molar-refractivity contribution is 8.15. The van der Waals surface area contributed by atoms with E-state index in [2.05, 4.69) is 34.2 Å². The molecule has 0 bridgehead atoms. The maximum atomic E-state index is 12.9. The summed E-state index contributed by atoms with van der Waals surface area (Å²) in [6.45, 7) is 6.48. The van der Waals surface area contributed by atoms with Crippen LogP contribution in [0.1, 0.15) is 43.4 Å². The Hall–Kier alpha value is -4.65. The van der Waals surface area contributed by atoms with Crippen molar-refractivity contribution in [1.82, 2.24) is 20.1 Å². The van der Waals surface area contributed by atoms with E-state index in [1.54, 1.807) is 13.2 Å². The average Bonchev–Trinajstić information content (AvgIpc) is 3.67. The first-order valence-electron chi connectivity index (χ1n) is 14.6. The van der Waals surface area contributed by atoms with Crippen molar-refractivity contribution >= 4 is 34.6 Å². The zero-order chi connectivity index (χ0) is 33.0. The summed E-state index contributed by atoms with van der Waals surface area (Å²) in [7, 11) is 1.57. The second-order valence-corrected chi connectivity index (χ2v) is 12.2. The summed E-state index contributed by atoms with van der Waals surface area (Å²) >= 11 is 1.22. The molecule has 0 saturated carbocycles. The number of rotatable bonds is 9. The van der Waals surface area contributed by atoms with Crippen LogP contribution in [0.2, 0.25) is 0 Å². The number of methoxy groups -OCH3 is 1. The molecule has 1 fully saturated rings. The van der Waals surface area contributed by atoms with Crippen molar-refractivity contribution in [3.63, 3.8) is 0 Å². The number of benzene rings is 3. The molecule has 3 amide bonds. The van der Waals surface area contributed by atoms with Gasteiger partial charge in [0, 0.05) is 18.2 Å². The summed E-state index contributed by atoms with van der Waals surface area (Å²) in [6, 6.07) is 17.3. The summed E-state index contributed by atoms with van der Waals surface area (Å²) in [5.74, 6) is 1.37. The highest BCUT2D eigenvalue weighted by Gasteiger charge is 2.33. The van der Waals surface area contributed by atoms with Crippen LogP contribution in [-0.4, -0.2) is 51.3 Å². The fourth-order valence-electron chi connectivity index (χ4n) is 4.94. The van der Waals surface area contributed by atoms with Gasteiger partial charge in [0.2, 0.25) is 5.91 Å². The minimum Gasteiger partial charge on any atom is -0.497 e. The monoisotopic (exact) mass is 650 g/mol. The normalized spacial score (nSPS) is 15.1. The lowest BCUT2D eigenvalue weighted by Crippen LogP contribution is -2.33. The summed E-state index contributed by atoms with van der Waals surface area (Å²) < 4.78 is 45.4. The van der Waals surface area contributed by atoms with Crippen LogP contribution in [0.15, 0.2) is 78.0 Å². The summed E-state index contributed by atoms with van der Waals surface area (Å²) in [4.78, 5) is 35.8. The van der Waals surface area contributed by atoms with Gasteiger partial charge in [0.25, 0.3) is 0 Å². The summed E-state index contributed by atoms with van der Waals surface area (Å²) in [5.41, 5.74) is 3.05. The molecule has 1 aliphatic rings. The van der Waals surface area contributed by atoms with Crippen molar-refractivity contribution in [2.45, 2.75) is 39.3 Å². The van der Waals surface area contributed by atoms with Gasteiger partial charge >= 0.3 is 12.2 Å². The van der Waals surface area contributed by atoms with Crippen molar-refractivity contribution in [2.24, 2.45) is 10.9 Å². The lowest BCUT2D eigenvalue weighted by atomic mass is 10.00. The number of urea groups is 1. The Morgan fingerprint density at radius 2 is 1.78 bits per heavy atom. The molecule has 0 aliphatic carbocycles. The van der Waals surface area contributed by atoms with Gasteiger partial charge in [0.15, 0.2) is 11.0 Å². The molecule has 5 rings (SSSR count). The van der Waals surface area contributed by atoms with Crippen LogP contribution in [0.3, 0.4) is 0 Å². The zero-order valence-corrected chi connectivity index (χ0v) is 26.5. The first kappa shape index (κ1) is 32.7. The summed E-state index contributed by atoms with van der Waals surface area (Å²) in [6.07, 6.45) is -2.21. The molecule has 9 nitrogen and oxygen atoms in total. The fraction of sp³-hybridized carbons (Fsp3) is 0.303. The van der Waals surface area contributed by atoms with Gasteiger partial charge in [-0.15, -0.1) is 5.10 Å². The molecule has 1 saturated heterocycles. The number of carbonyl (C=O) groups is 2. The molecule has 0 spiro atoms. The van der Waals surface area contributed by atoms with Crippen molar-refractivity contribution < 1.29 is 27.5 Å². The van der Waals surface area contributed by atoms with Gasteiger partial charge in [-0.1, -0.05) is 62.9 Å². The Morgan fingerprint density at radius 3 is 2.43 bits per heavy atom. The molecule has 1 aromatic heterocycles. The Bertz CT molecular complexity index is 1740. The third kappa shape index (κ3) is 7.58.